The van der Waals surface area contributed by atoms with Crippen molar-refractivity contribution in [3.8, 4) is 5.75 Å². The molecule has 4 N–H and O–H groups in total. The second kappa shape index (κ2) is 9.54. The number of nitrogens with zero attached hydrogens (tertiary/aromatic N) is 1. The van der Waals surface area contributed by atoms with Gasteiger partial charge in [0.15, 0.2) is 11.6 Å². The number of nitrogens with one attached hydrogen (secondary N) is 1. The molecule has 1 saturated heterocycles. The Labute approximate surface area is 195 Å². The summed E-state index contributed by atoms with van der Waals surface area (Å²) >= 11 is 1.30. The Morgan fingerprint density at radius 1 is 1.36 bits per heavy atom. The lowest BCUT2D eigenvalue weighted by molar-refractivity contribution is -0.142. The number of carbonyl (C=O) groups excluding carboxylic acids is 2. The lowest BCUT2D eigenvalue weighted by Crippen LogP contribution is -2.40. The summed E-state index contributed by atoms with van der Waals surface area (Å²) in [5.41, 5.74) is 4.77. The normalized spacial score (nSPS) is 22.7. The molecule has 8 nitrogen and oxygen atoms in total. The van der Waals surface area contributed by atoms with Crippen LogP contribution in [-0.2, 0) is 14.4 Å². The number of carbonyl (C=O) groups is 3. The third kappa shape index (κ3) is 5.55. The minimum absolute atomic E-state index is 0.112. The molecule has 1 aromatic carbocycles. The van der Waals surface area contributed by atoms with Gasteiger partial charge >= 0.3 is 11.9 Å². The second-order valence-electron chi connectivity index (χ2n) is 9.15. The SMILES string of the molecule is CC1C=C(CC(C)(C)C(=O)N2CC[C@@H](C(=O)O)C2)SC1C(=O)Oc1ccc(C(=N)N)cc1F. The number of amidine groups is 1. The number of nitrogen functional groups attached to an aromatic ring is 1. The van der Waals surface area contributed by atoms with Gasteiger partial charge in [0, 0.05) is 24.1 Å². The van der Waals surface area contributed by atoms with Gasteiger partial charge in [-0.05, 0) is 41.9 Å². The molecule has 10 heteroatoms. The molecule has 2 aliphatic rings. The number of likely N-dealkylation sites (tertiary alicyclic amines) is 1. The number of benzene rings is 1. The second-order valence-corrected chi connectivity index (χ2v) is 10.4. The maximum absolute atomic E-state index is 14.2. The molecule has 0 aromatic heterocycles. The first-order valence-corrected chi connectivity index (χ1v) is 11.5. The summed E-state index contributed by atoms with van der Waals surface area (Å²) in [5, 5.41) is 16.0. The predicted octanol–water partition coefficient (Wildman–Crippen LogP) is 3.00. The number of thioether (sulfide) groups is 1. The van der Waals surface area contributed by atoms with Crippen LogP contribution in [0, 0.1) is 28.5 Å². The molecule has 1 fully saturated rings. The van der Waals surface area contributed by atoms with Crippen molar-refractivity contribution in [2.45, 2.75) is 38.9 Å². The van der Waals surface area contributed by atoms with Crippen LogP contribution in [0.3, 0.4) is 0 Å². The van der Waals surface area contributed by atoms with Crippen LogP contribution < -0.4 is 10.5 Å². The van der Waals surface area contributed by atoms with Gasteiger partial charge in [0.2, 0.25) is 5.91 Å². The summed E-state index contributed by atoms with van der Waals surface area (Å²) in [7, 11) is 0. The lowest BCUT2D eigenvalue weighted by Gasteiger charge is -2.29. The van der Waals surface area contributed by atoms with Crippen LogP contribution in [0.1, 0.15) is 39.2 Å². The summed E-state index contributed by atoms with van der Waals surface area (Å²) < 4.78 is 19.5. The fourth-order valence-electron chi connectivity index (χ4n) is 4.06. The molecule has 3 atom stereocenters. The zero-order valence-electron chi connectivity index (χ0n) is 18.8. The number of amides is 1. The van der Waals surface area contributed by atoms with Gasteiger partial charge in [-0.2, -0.15) is 0 Å². The number of nitrogens with two attached hydrogens (primary N) is 1. The minimum Gasteiger partial charge on any atom is -0.481 e. The Bertz CT molecular complexity index is 1030. The molecule has 33 heavy (non-hydrogen) atoms. The number of hydrogen-bond donors (Lipinski definition) is 3. The van der Waals surface area contributed by atoms with Crippen LogP contribution >= 0.6 is 11.8 Å². The Morgan fingerprint density at radius 3 is 2.64 bits per heavy atom. The number of carboxylic acid groups (broad SMARTS) is 1. The van der Waals surface area contributed by atoms with Gasteiger partial charge in [-0.1, -0.05) is 26.8 Å². The van der Waals surface area contributed by atoms with Crippen LogP contribution in [0.5, 0.6) is 5.75 Å². The van der Waals surface area contributed by atoms with E-state index in [0.717, 1.165) is 11.0 Å². The Hall–Kier alpha value is -2.88. The molecule has 2 aliphatic heterocycles. The third-order valence-electron chi connectivity index (χ3n) is 5.91. The van der Waals surface area contributed by atoms with Crippen LogP contribution in [0.25, 0.3) is 0 Å². The quantitative estimate of drug-likeness (QED) is 0.238. The molecule has 0 bridgehead atoms. The minimum atomic E-state index is -0.889. The number of ether oxygens (including phenoxy) is 1. The molecule has 2 heterocycles. The Morgan fingerprint density at radius 2 is 2.06 bits per heavy atom. The van der Waals surface area contributed by atoms with Crippen molar-refractivity contribution >= 4 is 35.4 Å². The zero-order valence-corrected chi connectivity index (χ0v) is 19.6. The zero-order chi connectivity index (χ0) is 24.5. The van der Waals surface area contributed by atoms with Gasteiger partial charge in [-0.15, -0.1) is 11.8 Å². The summed E-state index contributed by atoms with van der Waals surface area (Å²) in [6.07, 6.45) is 2.77. The van der Waals surface area contributed by atoms with E-state index >= 15 is 0 Å². The summed E-state index contributed by atoms with van der Waals surface area (Å²) in [4.78, 5) is 39.4. The standard InChI is InChI=1S/C23H28FN3O5S/c1-12-8-15(10-23(2,3)22(31)27-7-6-14(11-27)20(28)29)33-18(12)21(30)32-17-5-4-13(19(25)26)9-16(17)24/h4-5,8-9,12,14,18H,6-7,10-11H2,1-3H3,(H3,25,26)(H,28,29)/t12?,14-,18?/m1/s1. The average molecular weight is 478 g/mol. The van der Waals surface area contributed by atoms with E-state index in [0.29, 0.717) is 19.4 Å². The molecule has 0 saturated carbocycles. The van der Waals surface area contributed by atoms with Gasteiger partial charge in [-0.25, -0.2) is 4.39 Å². The van der Waals surface area contributed by atoms with E-state index in [9.17, 15) is 23.9 Å². The Balaban J connectivity index is 1.61. The average Bonchev–Trinajstić information content (AvgIpc) is 3.35. The van der Waals surface area contributed by atoms with Crippen molar-refractivity contribution in [1.82, 2.24) is 4.90 Å². The number of esters is 1. The third-order valence-corrected chi connectivity index (χ3v) is 7.37. The van der Waals surface area contributed by atoms with Gasteiger partial charge < -0.3 is 20.5 Å². The largest absolute Gasteiger partial charge is 0.481 e. The molecule has 0 radical (unpaired) electrons. The van der Waals surface area contributed by atoms with E-state index < -0.39 is 34.3 Å². The topological polar surface area (TPSA) is 134 Å². The van der Waals surface area contributed by atoms with Crippen molar-refractivity contribution in [2.24, 2.45) is 23.0 Å². The summed E-state index contributed by atoms with van der Waals surface area (Å²) in [6.45, 7) is 6.11. The van der Waals surface area contributed by atoms with Crippen molar-refractivity contribution in [3.05, 3.63) is 40.6 Å². The highest BCUT2D eigenvalue weighted by atomic mass is 32.2. The first-order valence-electron chi connectivity index (χ1n) is 10.6. The number of allylic oxidation sites excluding steroid dienone is 2. The predicted molar refractivity (Wildman–Crippen MR) is 122 cm³/mol. The van der Waals surface area contributed by atoms with Crippen molar-refractivity contribution in [1.29, 1.82) is 5.41 Å². The first kappa shape index (κ1) is 24.8. The van der Waals surface area contributed by atoms with Crippen LogP contribution in [-0.4, -0.2) is 52.0 Å². The van der Waals surface area contributed by atoms with Gasteiger partial charge in [-0.3, -0.25) is 19.8 Å². The molecule has 2 unspecified atom stereocenters. The van der Waals surface area contributed by atoms with E-state index in [4.69, 9.17) is 15.9 Å². The van der Waals surface area contributed by atoms with Crippen LogP contribution in [0.15, 0.2) is 29.2 Å². The van der Waals surface area contributed by atoms with Crippen molar-refractivity contribution in [3.63, 3.8) is 0 Å². The number of hydrogen-bond acceptors (Lipinski definition) is 6. The summed E-state index contributed by atoms with van der Waals surface area (Å²) in [5.74, 6) is -3.61. The van der Waals surface area contributed by atoms with Gasteiger partial charge in [0.25, 0.3) is 0 Å². The number of aliphatic carboxylic acids is 1. The number of carboxylic acids is 1. The molecule has 3 rings (SSSR count). The van der Waals surface area contributed by atoms with Crippen molar-refractivity contribution < 1.29 is 28.6 Å². The summed E-state index contributed by atoms with van der Waals surface area (Å²) in [6, 6.07) is 3.72. The van der Waals surface area contributed by atoms with Gasteiger partial charge in [0.1, 0.15) is 11.1 Å². The highest BCUT2D eigenvalue weighted by Crippen LogP contribution is 2.44. The molecular formula is C23H28FN3O5S. The fraction of sp³-hybridized carbons (Fsp3) is 0.478. The molecule has 0 aliphatic carbocycles. The molecular weight excluding hydrogens is 449 g/mol. The van der Waals surface area contributed by atoms with E-state index in [2.05, 4.69) is 0 Å². The van der Waals surface area contributed by atoms with E-state index in [1.54, 1.807) is 4.90 Å². The highest BCUT2D eigenvalue weighted by Gasteiger charge is 2.41. The number of halogens is 1. The smallest absolute Gasteiger partial charge is 0.325 e. The molecule has 1 amide bonds. The fourth-order valence-corrected chi connectivity index (χ4v) is 5.56. The van der Waals surface area contributed by atoms with E-state index in [1.807, 2.05) is 26.8 Å². The first-order chi connectivity index (χ1) is 15.4. The Kier molecular flexibility index (Phi) is 7.16. The molecule has 0 spiro atoms. The maximum atomic E-state index is 14.2. The van der Waals surface area contributed by atoms with E-state index in [-0.39, 0.29) is 35.5 Å². The molecule has 178 valence electrons. The van der Waals surface area contributed by atoms with Crippen LogP contribution in [0.4, 0.5) is 4.39 Å². The lowest BCUT2D eigenvalue weighted by atomic mass is 9.87. The van der Waals surface area contributed by atoms with Crippen LogP contribution in [0.2, 0.25) is 0 Å². The number of rotatable bonds is 7. The maximum Gasteiger partial charge on any atom is 0.325 e. The highest BCUT2D eigenvalue weighted by molar-refractivity contribution is 8.04. The van der Waals surface area contributed by atoms with Crippen molar-refractivity contribution in [2.75, 3.05) is 13.1 Å². The van der Waals surface area contributed by atoms with E-state index in [1.165, 1.54) is 23.9 Å². The van der Waals surface area contributed by atoms with Gasteiger partial charge in [0.05, 0.1) is 5.92 Å². The molecule has 1 aromatic rings. The monoisotopic (exact) mass is 477 g/mol.